The van der Waals surface area contributed by atoms with Crippen molar-refractivity contribution in [3.8, 4) is 0 Å². The summed E-state index contributed by atoms with van der Waals surface area (Å²) >= 11 is 6.16. The van der Waals surface area contributed by atoms with Crippen molar-refractivity contribution in [1.82, 2.24) is 9.38 Å². The molecule has 0 aliphatic rings. The zero-order chi connectivity index (χ0) is 16.4. The molecule has 2 heterocycles. The third-order valence-electron chi connectivity index (χ3n) is 3.61. The summed E-state index contributed by atoms with van der Waals surface area (Å²) in [5, 5.41) is 4.03. The van der Waals surface area contributed by atoms with Crippen LogP contribution in [-0.2, 0) is 23.1 Å². The second-order valence-electron chi connectivity index (χ2n) is 5.56. The van der Waals surface area contributed by atoms with Crippen molar-refractivity contribution in [2.75, 3.05) is 11.6 Å². The number of imidazole rings is 1. The Kier molecular flexibility index (Phi) is 4.68. The molecule has 0 unspecified atom stereocenters. The lowest BCUT2D eigenvalue weighted by Crippen LogP contribution is -2.04. The quantitative estimate of drug-likeness (QED) is 0.763. The number of fused-ring (bicyclic) bond motifs is 1. The van der Waals surface area contributed by atoms with Crippen molar-refractivity contribution in [2.45, 2.75) is 19.2 Å². The first-order chi connectivity index (χ1) is 11.0. The second kappa shape index (κ2) is 6.72. The Labute approximate surface area is 143 Å². The van der Waals surface area contributed by atoms with E-state index in [9.17, 15) is 4.21 Å². The molecular formula is C17H18ClN3OS. The van der Waals surface area contributed by atoms with Crippen molar-refractivity contribution < 1.29 is 4.21 Å². The largest absolute Gasteiger partial charge is 0.379 e. The minimum Gasteiger partial charge on any atom is -0.379 e. The van der Waals surface area contributed by atoms with E-state index in [4.69, 9.17) is 11.6 Å². The average molecular weight is 348 g/mol. The van der Waals surface area contributed by atoms with Gasteiger partial charge >= 0.3 is 0 Å². The van der Waals surface area contributed by atoms with Gasteiger partial charge in [0.2, 0.25) is 0 Å². The van der Waals surface area contributed by atoms with Crippen LogP contribution in [0.5, 0.6) is 0 Å². The van der Waals surface area contributed by atoms with Crippen LogP contribution in [0.4, 0.5) is 5.69 Å². The summed E-state index contributed by atoms with van der Waals surface area (Å²) in [5.41, 5.74) is 5.06. The number of aromatic nitrogens is 2. The summed E-state index contributed by atoms with van der Waals surface area (Å²) in [6, 6.07) is 9.79. The Balaban J connectivity index is 1.79. The average Bonchev–Trinajstić information content (AvgIpc) is 2.90. The fourth-order valence-electron chi connectivity index (χ4n) is 2.47. The molecule has 0 spiro atoms. The number of halogens is 1. The van der Waals surface area contributed by atoms with Crippen LogP contribution in [-0.4, -0.2) is 19.8 Å². The molecule has 0 amide bonds. The SMILES string of the molecule is Cc1ccc2ncc(CNc3ccc(Cl)c(C[S@@](C)=O)c3)n2c1. The van der Waals surface area contributed by atoms with E-state index in [1.165, 1.54) is 5.56 Å². The molecule has 0 saturated heterocycles. The third-order valence-corrected chi connectivity index (χ3v) is 4.69. The molecule has 1 atom stereocenters. The van der Waals surface area contributed by atoms with Gasteiger partial charge < -0.3 is 9.72 Å². The minimum atomic E-state index is -0.916. The number of nitrogens with zero attached hydrogens (tertiary/aromatic N) is 2. The second-order valence-corrected chi connectivity index (χ2v) is 7.40. The topological polar surface area (TPSA) is 46.4 Å². The van der Waals surface area contributed by atoms with Gasteiger partial charge in [-0.1, -0.05) is 17.7 Å². The molecule has 3 aromatic rings. The Morgan fingerprint density at radius 1 is 1.30 bits per heavy atom. The fraction of sp³-hybridized carbons (Fsp3) is 0.235. The van der Waals surface area contributed by atoms with Gasteiger partial charge in [-0.2, -0.15) is 0 Å². The molecule has 1 N–H and O–H groups in total. The van der Waals surface area contributed by atoms with Gasteiger partial charge in [0.25, 0.3) is 0 Å². The normalized spacial score (nSPS) is 12.5. The molecule has 2 aromatic heterocycles. The molecule has 0 aliphatic carbocycles. The van der Waals surface area contributed by atoms with Crippen molar-refractivity contribution >= 4 is 33.7 Å². The summed E-state index contributed by atoms with van der Waals surface area (Å²) in [5.74, 6) is 0.461. The lowest BCUT2D eigenvalue weighted by molar-refractivity contribution is 0.686. The van der Waals surface area contributed by atoms with E-state index >= 15 is 0 Å². The number of benzene rings is 1. The number of aryl methyl sites for hydroxylation is 1. The van der Waals surface area contributed by atoms with Crippen molar-refractivity contribution in [3.63, 3.8) is 0 Å². The molecule has 3 rings (SSSR count). The van der Waals surface area contributed by atoms with Gasteiger partial charge in [-0.25, -0.2) is 4.98 Å². The molecule has 0 saturated carbocycles. The van der Waals surface area contributed by atoms with Gasteiger partial charge in [0.1, 0.15) is 5.65 Å². The van der Waals surface area contributed by atoms with Crippen LogP contribution in [0.1, 0.15) is 16.8 Å². The van der Waals surface area contributed by atoms with E-state index in [-0.39, 0.29) is 0 Å². The summed E-state index contributed by atoms with van der Waals surface area (Å²) < 4.78 is 13.5. The highest BCUT2D eigenvalue weighted by Gasteiger charge is 2.06. The molecular weight excluding hydrogens is 330 g/mol. The molecule has 0 aliphatic heterocycles. The van der Waals surface area contributed by atoms with E-state index < -0.39 is 10.8 Å². The highest BCUT2D eigenvalue weighted by Crippen LogP contribution is 2.22. The highest BCUT2D eigenvalue weighted by atomic mass is 35.5. The summed E-state index contributed by atoms with van der Waals surface area (Å²) in [6.07, 6.45) is 5.63. The van der Waals surface area contributed by atoms with E-state index in [0.717, 1.165) is 22.6 Å². The third kappa shape index (κ3) is 3.74. The van der Waals surface area contributed by atoms with Crippen LogP contribution in [0.25, 0.3) is 5.65 Å². The summed E-state index contributed by atoms with van der Waals surface area (Å²) in [6.45, 7) is 2.72. The van der Waals surface area contributed by atoms with Crippen molar-refractivity contribution in [2.24, 2.45) is 0 Å². The van der Waals surface area contributed by atoms with Crippen LogP contribution < -0.4 is 5.32 Å². The molecule has 120 valence electrons. The van der Waals surface area contributed by atoms with Crippen LogP contribution >= 0.6 is 11.6 Å². The Morgan fingerprint density at radius 2 is 2.13 bits per heavy atom. The number of nitrogens with one attached hydrogen (secondary N) is 1. The molecule has 0 radical (unpaired) electrons. The standard InChI is InChI=1S/C17H18ClN3OS/c1-12-3-6-17-20-9-15(21(17)10-12)8-19-14-4-5-16(18)13(7-14)11-23(2)22/h3-7,9-10,19H,8,11H2,1-2H3/t23-/m1/s1. The smallest absolute Gasteiger partial charge is 0.136 e. The van der Waals surface area contributed by atoms with E-state index in [2.05, 4.69) is 33.9 Å². The molecule has 23 heavy (non-hydrogen) atoms. The minimum absolute atomic E-state index is 0.461. The van der Waals surface area contributed by atoms with Crippen LogP contribution in [0, 0.1) is 6.92 Å². The summed E-state index contributed by atoms with van der Waals surface area (Å²) in [4.78, 5) is 4.40. The van der Waals surface area contributed by atoms with Crippen LogP contribution in [0.2, 0.25) is 5.02 Å². The van der Waals surface area contributed by atoms with Gasteiger partial charge in [0.05, 0.1) is 18.4 Å². The monoisotopic (exact) mass is 347 g/mol. The Morgan fingerprint density at radius 3 is 2.91 bits per heavy atom. The van der Waals surface area contributed by atoms with Crippen LogP contribution in [0.3, 0.4) is 0 Å². The van der Waals surface area contributed by atoms with Gasteiger partial charge in [-0.3, -0.25) is 4.21 Å². The molecule has 0 fully saturated rings. The number of hydrogen-bond donors (Lipinski definition) is 1. The maximum Gasteiger partial charge on any atom is 0.136 e. The Hall–Kier alpha value is -1.85. The first-order valence-electron chi connectivity index (χ1n) is 7.28. The predicted octanol–water partition coefficient (Wildman–Crippen LogP) is 3.79. The van der Waals surface area contributed by atoms with Gasteiger partial charge in [0.15, 0.2) is 0 Å². The number of hydrogen-bond acceptors (Lipinski definition) is 3. The first-order valence-corrected chi connectivity index (χ1v) is 9.38. The van der Waals surface area contributed by atoms with Crippen molar-refractivity contribution in [1.29, 1.82) is 0 Å². The van der Waals surface area contributed by atoms with Crippen molar-refractivity contribution in [3.05, 3.63) is 64.6 Å². The van der Waals surface area contributed by atoms with Gasteiger partial charge in [0, 0.05) is 39.7 Å². The zero-order valence-electron chi connectivity index (χ0n) is 13.0. The van der Waals surface area contributed by atoms with E-state index in [0.29, 0.717) is 17.3 Å². The summed E-state index contributed by atoms with van der Waals surface area (Å²) in [7, 11) is -0.916. The first kappa shape index (κ1) is 16.0. The maximum atomic E-state index is 11.4. The lowest BCUT2D eigenvalue weighted by atomic mass is 10.2. The van der Waals surface area contributed by atoms with E-state index in [1.807, 2.05) is 30.5 Å². The number of pyridine rings is 1. The number of rotatable bonds is 5. The molecule has 4 nitrogen and oxygen atoms in total. The molecule has 1 aromatic carbocycles. The zero-order valence-corrected chi connectivity index (χ0v) is 14.6. The molecule has 0 bridgehead atoms. The molecule has 6 heteroatoms. The lowest BCUT2D eigenvalue weighted by Gasteiger charge is -2.10. The predicted molar refractivity (Wildman–Crippen MR) is 96.5 cm³/mol. The van der Waals surface area contributed by atoms with Gasteiger partial charge in [-0.15, -0.1) is 0 Å². The van der Waals surface area contributed by atoms with E-state index in [1.54, 1.807) is 6.26 Å². The highest BCUT2D eigenvalue weighted by molar-refractivity contribution is 7.83. The maximum absolute atomic E-state index is 11.4. The number of anilines is 1. The van der Waals surface area contributed by atoms with Crippen LogP contribution in [0.15, 0.2) is 42.7 Å². The van der Waals surface area contributed by atoms with Gasteiger partial charge in [-0.05, 0) is 42.3 Å². The fourth-order valence-corrected chi connectivity index (χ4v) is 3.42. The Bertz CT molecular complexity index is 875.